The number of nitrogens with one attached hydrogen (secondary N) is 1. The molecule has 0 aliphatic heterocycles. The van der Waals surface area contributed by atoms with E-state index in [-0.39, 0.29) is 18.4 Å². The lowest BCUT2D eigenvalue weighted by atomic mass is 9.99. The molecule has 6 rings (SSSR count). The molecule has 0 aliphatic carbocycles. The van der Waals surface area contributed by atoms with Gasteiger partial charge in [-0.3, -0.25) is 14.5 Å². The Hall–Kier alpha value is -3.73. The number of ether oxygens (including phenoxy) is 3. The molecular formula is C45H42Br2Cl4N4O6S2. The molecule has 2 heterocycles. The third-order valence-corrected chi connectivity index (χ3v) is 13.9. The molecule has 4 aromatic carbocycles. The van der Waals surface area contributed by atoms with Crippen LogP contribution in [0, 0.1) is 11.8 Å². The Balaban J connectivity index is 0.000000243. The van der Waals surface area contributed by atoms with Crippen LogP contribution >= 0.6 is 101 Å². The second-order valence-electron chi connectivity index (χ2n) is 14.8. The van der Waals surface area contributed by atoms with Gasteiger partial charge in [-0.2, -0.15) is 0 Å². The number of carbonyl (C=O) groups is 3. The van der Waals surface area contributed by atoms with Gasteiger partial charge in [0.1, 0.15) is 5.60 Å². The summed E-state index contributed by atoms with van der Waals surface area (Å²) in [5.41, 5.74) is 4.24. The lowest BCUT2D eigenvalue weighted by molar-refractivity contribution is -0.145. The monoisotopic (exact) mass is 1100 g/mol. The van der Waals surface area contributed by atoms with Crippen LogP contribution in [0.3, 0.4) is 0 Å². The van der Waals surface area contributed by atoms with Crippen molar-refractivity contribution in [3.63, 3.8) is 0 Å². The van der Waals surface area contributed by atoms with Crippen molar-refractivity contribution in [3.8, 4) is 22.5 Å². The molecule has 2 aromatic heterocycles. The van der Waals surface area contributed by atoms with Gasteiger partial charge in [0, 0.05) is 24.2 Å². The van der Waals surface area contributed by atoms with E-state index in [0.29, 0.717) is 59.2 Å². The van der Waals surface area contributed by atoms with Crippen LogP contribution in [0.4, 0.5) is 15.1 Å². The summed E-state index contributed by atoms with van der Waals surface area (Å²) in [7, 11) is 2.74. The Morgan fingerprint density at radius 2 is 1.16 bits per heavy atom. The minimum Gasteiger partial charge on any atom is -0.469 e. The number of nitrogens with zero attached hydrogens (tertiary/aromatic N) is 3. The van der Waals surface area contributed by atoms with Gasteiger partial charge in [0.15, 0.2) is 10.3 Å². The Morgan fingerprint density at radius 3 is 1.65 bits per heavy atom. The number of methoxy groups -OCH3 is 2. The Bertz CT molecular complexity index is 2510. The van der Waals surface area contributed by atoms with Gasteiger partial charge in [0.05, 0.1) is 65.1 Å². The van der Waals surface area contributed by atoms with Crippen LogP contribution in [0.25, 0.3) is 22.5 Å². The summed E-state index contributed by atoms with van der Waals surface area (Å²) >= 11 is 34.2. The number of rotatable bonds is 14. The Labute approximate surface area is 411 Å². The highest BCUT2D eigenvalue weighted by Gasteiger charge is 2.32. The third kappa shape index (κ3) is 14.6. The number of anilines is 2. The Kier molecular flexibility index (Phi) is 18.7. The summed E-state index contributed by atoms with van der Waals surface area (Å²) in [5, 5.41) is 6.12. The molecule has 0 saturated carbocycles. The smallest absolute Gasteiger partial charge is 0.416 e. The molecule has 0 fully saturated rings. The highest BCUT2D eigenvalue weighted by molar-refractivity contribution is 9.11. The first kappa shape index (κ1) is 50.3. The van der Waals surface area contributed by atoms with Crippen molar-refractivity contribution in [2.75, 3.05) is 37.5 Å². The van der Waals surface area contributed by atoms with Crippen molar-refractivity contribution >= 4 is 129 Å². The van der Waals surface area contributed by atoms with Crippen molar-refractivity contribution in [3.05, 3.63) is 136 Å². The van der Waals surface area contributed by atoms with Crippen molar-refractivity contribution in [1.82, 2.24) is 9.97 Å². The van der Waals surface area contributed by atoms with Gasteiger partial charge in [-0.15, -0.1) is 0 Å². The normalized spacial score (nSPS) is 12.0. The van der Waals surface area contributed by atoms with E-state index in [9.17, 15) is 14.4 Å². The number of halogens is 6. The minimum absolute atomic E-state index is 0.0250. The number of amides is 1. The van der Waals surface area contributed by atoms with Gasteiger partial charge >= 0.3 is 18.0 Å². The number of thiazole rings is 2. The fourth-order valence-corrected chi connectivity index (χ4v) is 9.66. The molecule has 1 amide bonds. The number of hydrogen-bond acceptors (Lipinski definition) is 11. The standard InChI is InChI=1S/C25H25BrCl2N2O4S.C20H17BrCl2N2O2S/c1-25(2,3)34-24(32)30(14-17(22(31)33-4)12-15-8-6-5-7-9-15)23-29-20(21(26)35-23)16-10-11-18(27)19(28)13-16;1-27-19(26)14(9-12-5-3-2-4-6-12)11-24-20-25-17(18(21)28-20)13-7-8-15(22)16(23)10-13/h5-11,13,17H,12,14H2,1-4H3;2-8,10,14H,9,11H2,1H3,(H,24,25). The average molecular weight is 1100 g/mol. The van der Waals surface area contributed by atoms with Crippen molar-refractivity contribution in [1.29, 1.82) is 0 Å². The van der Waals surface area contributed by atoms with Crippen LogP contribution in [0.1, 0.15) is 31.9 Å². The Morgan fingerprint density at radius 1 is 0.683 bits per heavy atom. The highest BCUT2D eigenvalue weighted by atomic mass is 79.9. The molecule has 0 saturated heterocycles. The van der Waals surface area contributed by atoms with Gasteiger partial charge in [-0.25, -0.2) is 14.8 Å². The van der Waals surface area contributed by atoms with Crippen LogP contribution in [0.5, 0.6) is 0 Å². The number of esters is 2. The largest absolute Gasteiger partial charge is 0.469 e. The third-order valence-electron chi connectivity index (χ3n) is 9.01. The molecule has 10 nitrogen and oxygen atoms in total. The van der Waals surface area contributed by atoms with Crippen molar-refractivity contribution < 1.29 is 28.6 Å². The molecule has 1 N–H and O–H groups in total. The predicted molar refractivity (Wildman–Crippen MR) is 264 cm³/mol. The van der Waals surface area contributed by atoms with Crippen molar-refractivity contribution in [2.24, 2.45) is 11.8 Å². The lowest BCUT2D eigenvalue weighted by Crippen LogP contribution is -2.42. The van der Waals surface area contributed by atoms with Gasteiger partial charge < -0.3 is 19.5 Å². The molecule has 63 heavy (non-hydrogen) atoms. The van der Waals surface area contributed by atoms with Crippen LogP contribution in [-0.4, -0.2) is 60.9 Å². The second-order valence-corrected chi connectivity index (χ2v) is 21.1. The summed E-state index contributed by atoms with van der Waals surface area (Å²) in [6, 6.07) is 30.0. The first-order valence-corrected chi connectivity index (χ1v) is 23.9. The fourth-order valence-electron chi connectivity index (χ4n) is 6.00. The van der Waals surface area contributed by atoms with Gasteiger partial charge in [0.25, 0.3) is 0 Å². The van der Waals surface area contributed by atoms with Gasteiger partial charge in [0.2, 0.25) is 0 Å². The molecule has 0 spiro atoms. The van der Waals surface area contributed by atoms with E-state index >= 15 is 0 Å². The number of carbonyl (C=O) groups excluding carboxylic acids is 3. The summed E-state index contributed by atoms with van der Waals surface area (Å²) in [6.45, 7) is 5.79. The van der Waals surface area contributed by atoms with Crippen LogP contribution in [0.15, 0.2) is 105 Å². The molecule has 0 bridgehead atoms. The summed E-state index contributed by atoms with van der Waals surface area (Å²) in [5.74, 6) is -1.63. The maximum Gasteiger partial charge on any atom is 0.416 e. The summed E-state index contributed by atoms with van der Waals surface area (Å²) in [4.78, 5) is 48.9. The highest BCUT2D eigenvalue weighted by Crippen LogP contribution is 2.40. The molecule has 332 valence electrons. The van der Waals surface area contributed by atoms with E-state index < -0.39 is 23.6 Å². The predicted octanol–water partition coefficient (Wildman–Crippen LogP) is 14.0. The second kappa shape index (κ2) is 23.5. The van der Waals surface area contributed by atoms with Crippen molar-refractivity contribution in [2.45, 2.75) is 39.2 Å². The summed E-state index contributed by atoms with van der Waals surface area (Å²) < 4.78 is 17.2. The quantitative estimate of drug-likeness (QED) is 0.0840. The zero-order chi connectivity index (χ0) is 45.8. The fraction of sp³-hybridized carbons (Fsp3) is 0.267. The maximum absolute atomic E-state index is 13.3. The average Bonchev–Trinajstić information content (AvgIpc) is 3.83. The van der Waals surface area contributed by atoms with Gasteiger partial charge in [-0.1, -0.05) is 142 Å². The number of hydrogen-bond donors (Lipinski definition) is 1. The molecule has 18 heteroatoms. The SMILES string of the molecule is COC(=O)C(CNc1nc(-c2ccc(Cl)c(Cl)c2)c(Br)s1)Cc1ccccc1.COC(=O)C(Cc1ccccc1)CN(C(=O)OC(C)(C)C)c1nc(-c2ccc(Cl)c(Cl)c2)c(Br)s1. The molecule has 2 atom stereocenters. The molecule has 2 unspecified atom stereocenters. The van der Waals surface area contributed by atoms with E-state index in [0.717, 1.165) is 31.7 Å². The molecule has 0 aliphatic rings. The number of aromatic nitrogens is 2. The van der Waals surface area contributed by atoms with E-state index in [1.54, 1.807) is 51.1 Å². The van der Waals surface area contributed by atoms with E-state index in [1.807, 2.05) is 66.7 Å². The van der Waals surface area contributed by atoms with Gasteiger partial charge in [-0.05, 0) is 101 Å². The summed E-state index contributed by atoms with van der Waals surface area (Å²) in [6.07, 6.45) is 0.368. The molecule has 0 radical (unpaired) electrons. The van der Waals surface area contributed by atoms with Crippen LogP contribution in [0.2, 0.25) is 20.1 Å². The zero-order valence-corrected chi connectivity index (χ0v) is 42.4. The number of benzene rings is 4. The first-order chi connectivity index (χ1) is 30.0. The van der Waals surface area contributed by atoms with E-state index in [1.165, 1.54) is 41.8 Å². The van der Waals surface area contributed by atoms with E-state index in [4.69, 9.17) is 65.6 Å². The topological polar surface area (TPSA) is 120 Å². The lowest BCUT2D eigenvalue weighted by Gasteiger charge is -2.28. The maximum atomic E-state index is 13.3. The minimum atomic E-state index is -0.740. The zero-order valence-electron chi connectivity index (χ0n) is 34.6. The van der Waals surface area contributed by atoms with E-state index in [2.05, 4.69) is 42.2 Å². The first-order valence-electron chi connectivity index (χ1n) is 19.2. The molecule has 6 aromatic rings. The van der Waals surface area contributed by atoms with Crippen LogP contribution < -0.4 is 10.2 Å². The molecular weight excluding hydrogens is 1060 g/mol. The van der Waals surface area contributed by atoms with Crippen LogP contribution in [-0.2, 0) is 36.6 Å².